The van der Waals surface area contributed by atoms with E-state index in [1.54, 1.807) is 6.92 Å². The Morgan fingerprint density at radius 3 is 2.74 bits per heavy atom. The molecule has 2 N–H and O–H groups in total. The smallest absolute Gasteiger partial charge is 0.338 e. The Morgan fingerprint density at radius 2 is 2.21 bits per heavy atom. The van der Waals surface area contributed by atoms with Gasteiger partial charge in [-0.05, 0) is 6.92 Å². The maximum Gasteiger partial charge on any atom is 0.406 e. The van der Waals surface area contributed by atoms with E-state index in [4.69, 9.17) is 5.73 Å². The predicted octanol–water partition coefficient (Wildman–Crippen LogP) is 1.14. The molecular formula is C11H17F3N4O. The average molecular weight is 278 g/mol. The molecule has 0 saturated heterocycles. The molecule has 1 aromatic rings. The summed E-state index contributed by atoms with van der Waals surface area (Å²) >= 11 is 0. The van der Waals surface area contributed by atoms with Crippen molar-refractivity contribution in [3.05, 3.63) is 18.2 Å². The second-order valence-corrected chi connectivity index (χ2v) is 4.52. The number of nitrogens with zero attached hydrogens (tertiary/aromatic N) is 3. The van der Waals surface area contributed by atoms with E-state index in [0.29, 0.717) is 0 Å². The predicted molar refractivity (Wildman–Crippen MR) is 63.0 cm³/mol. The molecule has 1 atom stereocenters. The SMILES string of the molecule is CC(N)CC(=O)N(C)Cc1nccn1CC(F)(F)F. The molecule has 8 heteroatoms. The van der Waals surface area contributed by atoms with Crippen molar-refractivity contribution < 1.29 is 18.0 Å². The van der Waals surface area contributed by atoms with Gasteiger partial charge >= 0.3 is 6.18 Å². The van der Waals surface area contributed by atoms with Gasteiger partial charge < -0.3 is 15.2 Å². The second kappa shape index (κ2) is 6.05. The van der Waals surface area contributed by atoms with Crippen LogP contribution in [0.1, 0.15) is 19.2 Å². The Morgan fingerprint density at radius 1 is 1.58 bits per heavy atom. The van der Waals surface area contributed by atoms with Crippen molar-refractivity contribution >= 4 is 5.91 Å². The zero-order valence-corrected chi connectivity index (χ0v) is 10.8. The summed E-state index contributed by atoms with van der Waals surface area (Å²) in [6.07, 6.45) is -1.64. The van der Waals surface area contributed by atoms with Crippen molar-refractivity contribution in [1.29, 1.82) is 0 Å². The lowest BCUT2D eigenvalue weighted by Crippen LogP contribution is -2.32. The molecule has 0 saturated carbocycles. The summed E-state index contributed by atoms with van der Waals surface area (Å²) in [4.78, 5) is 16.8. The van der Waals surface area contributed by atoms with Crippen LogP contribution in [-0.2, 0) is 17.9 Å². The van der Waals surface area contributed by atoms with Crippen LogP contribution >= 0.6 is 0 Å². The summed E-state index contributed by atoms with van der Waals surface area (Å²) in [7, 11) is 1.51. The molecule has 1 unspecified atom stereocenters. The molecule has 108 valence electrons. The van der Waals surface area contributed by atoms with Gasteiger partial charge in [0.15, 0.2) is 0 Å². The number of carbonyl (C=O) groups is 1. The van der Waals surface area contributed by atoms with Crippen LogP contribution in [0.15, 0.2) is 12.4 Å². The van der Waals surface area contributed by atoms with E-state index in [1.807, 2.05) is 0 Å². The van der Waals surface area contributed by atoms with Crippen LogP contribution in [0.25, 0.3) is 0 Å². The average Bonchev–Trinajstić information content (AvgIpc) is 2.62. The minimum atomic E-state index is -4.32. The third-order valence-corrected chi connectivity index (χ3v) is 2.45. The van der Waals surface area contributed by atoms with Gasteiger partial charge in [0.1, 0.15) is 12.4 Å². The van der Waals surface area contributed by atoms with Crippen LogP contribution in [0.2, 0.25) is 0 Å². The topological polar surface area (TPSA) is 64.2 Å². The first-order valence-electron chi connectivity index (χ1n) is 5.75. The van der Waals surface area contributed by atoms with Crippen LogP contribution in [0.4, 0.5) is 13.2 Å². The Kier molecular flexibility index (Phi) is 4.93. The summed E-state index contributed by atoms with van der Waals surface area (Å²) in [6, 6.07) is -0.287. The molecule has 5 nitrogen and oxygen atoms in total. The van der Waals surface area contributed by atoms with E-state index in [9.17, 15) is 18.0 Å². The van der Waals surface area contributed by atoms with Gasteiger partial charge in [0.05, 0.1) is 6.54 Å². The molecule has 0 aromatic carbocycles. The molecule has 0 fully saturated rings. The Labute approximate surface area is 109 Å². The van der Waals surface area contributed by atoms with Gasteiger partial charge in [0, 0.05) is 31.9 Å². The molecule has 0 aliphatic carbocycles. The summed E-state index contributed by atoms with van der Waals surface area (Å²) in [5.41, 5.74) is 5.50. The van der Waals surface area contributed by atoms with Gasteiger partial charge in [-0.3, -0.25) is 4.79 Å². The highest BCUT2D eigenvalue weighted by molar-refractivity contribution is 5.76. The number of rotatable bonds is 5. The first kappa shape index (κ1) is 15.5. The van der Waals surface area contributed by atoms with E-state index >= 15 is 0 Å². The second-order valence-electron chi connectivity index (χ2n) is 4.52. The largest absolute Gasteiger partial charge is 0.406 e. The highest BCUT2D eigenvalue weighted by Crippen LogP contribution is 2.18. The van der Waals surface area contributed by atoms with Gasteiger partial charge in [-0.25, -0.2) is 4.98 Å². The lowest BCUT2D eigenvalue weighted by molar-refractivity contribution is -0.141. The number of imidazole rings is 1. The van der Waals surface area contributed by atoms with E-state index in [0.717, 1.165) is 4.57 Å². The number of nitrogens with two attached hydrogens (primary N) is 1. The number of hydrogen-bond donors (Lipinski definition) is 1. The van der Waals surface area contributed by atoms with Crippen molar-refractivity contribution in [2.24, 2.45) is 5.73 Å². The number of alkyl halides is 3. The molecule has 1 heterocycles. The molecule has 0 bridgehead atoms. The van der Waals surface area contributed by atoms with Crippen LogP contribution in [0.5, 0.6) is 0 Å². The van der Waals surface area contributed by atoms with Crippen molar-refractivity contribution in [3.8, 4) is 0 Å². The van der Waals surface area contributed by atoms with E-state index in [2.05, 4.69) is 4.98 Å². The molecule has 0 aliphatic rings. The number of halogens is 3. The van der Waals surface area contributed by atoms with E-state index < -0.39 is 12.7 Å². The lowest BCUT2D eigenvalue weighted by Gasteiger charge is -2.19. The van der Waals surface area contributed by atoms with Gasteiger partial charge in [-0.1, -0.05) is 0 Å². The van der Waals surface area contributed by atoms with E-state index in [1.165, 1.54) is 24.3 Å². The van der Waals surface area contributed by atoms with E-state index in [-0.39, 0.29) is 30.7 Å². The van der Waals surface area contributed by atoms with Crippen molar-refractivity contribution in [3.63, 3.8) is 0 Å². The fourth-order valence-electron chi connectivity index (χ4n) is 1.56. The maximum absolute atomic E-state index is 12.3. The zero-order chi connectivity index (χ0) is 14.6. The number of amides is 1. The highest BCUT2D eigenvalue weighted by atomic mass is 19.4. The van der Waals surface area contributed by atoms with Crippen LogP contribution in [0.3, 0.4) is 0 Å². The summed E-state index contributed by atoms with van der Waals surface area (Å²) < 4.78 is 37.9. The summed E-state index contributed by atoms with van der Waals surface area (Å²) in [5.74, 6) is -0.0330. The van der Waals surface area contributed by atoms with Crippen molar-refractivity contribution in [1.82, 2.24) is 14.5 Å². The summed E-state index contributed by atoms with van der Waals surface area (Å²) in [5, 5.41) is 0. The summed E-state index contributed by atoms with van der Waals surface area (Å²) in [6.45, 7) is 0.600. The normalized spacial score (nSPS) is 13.4. The first-order valence-corrected chi connectivity index (χ1v) is 5.75. The zero-order valence-electron chi connectivity index (χ0n) is 10.8. The Bertz CT molecular complexity index is 428. The standard InChI is InChI=1S/C11H17F3N4O/c1-8(15)5-10(19)17(2)6-9-16-3-4-18(9)7-11(12,13)14/h3-4,8H,5-7,15H2,1-2H3. The minimum Gasteiger partial charge on any atom is -0.338 e. The fraction of sp³-hybridized carbons (Fsp3) is 0.636. The molecule has 0 radical (unpaired) electrons. The molecule has 1 amide bonds. The molecular weight excluding hydrogens is 261 g/mol. The Balaban J connectivity index is 2.67. The van der Waals surface area contributed by atoms with Crippen molar-refractivity contribution in [2.75, 3.05) is 7.05 Å². The minimum absolute atomic E-state index is 0.0225. The van der Waals surface area contributed by atoms with Crippen LogP contribution in [-0.4, -0.2) is 39.6 Å². The first-order chi connectivity index (χ1) is 8.69. The molecule has 1 aromatic heterocycles. The van der Waals surface area contributed by atoms with Gasteiger partial charge in [-0.2, -0.15) is 13.2 Å². The van der Waals surface area contributed by atoms with Crippen molar-refractivity contribution in [2.45, 2.75) is 38.7 Å². The molecule has 0 spiro atoms. The number of aromatic nitrogens is 2. The molecule has 1 rings (SSSR count). The van der Waals surface area contributed by atoms with Crippen LogP contribution in [0, 0.1) is 0 Å². The monoisotopic (exact) mass is 278 g/mol. The maximum atomic E-state index is 12.3. The van der Waals surface area contributed by atoms with Gasteiger partial charge in [0.2, 0.25) is 5.91 Å². The third-order valence-electron chi connectivity index (χ3n) is 2.45. The van der Waals surface area contributed by atoms with Crippen LogP contribution < -0.4 is 5.73 Å². The number of hydrogen-bond acceptors (Lipinski definition) is 3. The number of carbonyl (C=O) groups excluding carboxylic acids is 1. The Hall–Kier alpha value is -1.57. The third kappa shape index (κ3) is 5.29. The molecule has 19 heavy (non-hydrogen) atoms. The highest BCUT2D eigenvalue weighted by Gasteiger charge is 2.29. The fourth-order valence-corrected chi connectivity index (χ4v) is 1.56. The quantitative estimate of drug-likeness (QED) is 0.878. The van der Waals surface area contributed by atoms with Gasteiger partial charge in [0.25, 0.3) is 0 Å². The molecule has 0 aliphatic heterocycles. The van der Waals surface area contributed by atoms with Gasteiger partial charge in [-0.15, -0.1) is 0 Å². The lowest BCUT2D eigenvalue weighted by atomic mass is 10.2.